The molecule has 1 aliphatic rings. The van der Waals surface area contributed by atoms with Crippen LogP contribution in [0.15, 0.2) is 24.3 Å². The van der Waals surface area contributed by atoms with Gasteiger partial charge in [-0.2, -0.15) is 0 Å². The Morgan fingerprint density at radius 2 is 2.10 bits per heavy atom. The number of benzene rings is 1. The number of nitrogens with two attached hydrogens (primary N) is 1. The first-order valence-corrected chi connectivity index (χ1v) is 7.79. The number of likely N-dealkylation sites (tertiary alicyclic amines) is 1. The summed E-state index contributed by atoms with van der Waals surface area (Å²) >= 11 is 4.93. The highest BCUT2D eigenvalue weighted by molar-refractivity contribution is 7.80. The monoisotopic (exact) mass is 308 g/mol. The van der Waals surface area contributed by atoms with Gasteiger partial charge in [-0.15, -0.1) is 0 Å². The van der Waals surface area contributed by atoms with Crippen molar-refractivity contribution in [2.45, 2.75) is 19.4 Å². The molecule has 5 heteroatoms. The van der Waals surface area contributed by atoms with E-state index in [1.165, 1.54) is 6.42 Å². The Kier molecular flexibility index (Phi) is 5.96. The van der Waals surface area contributed by atoms with E-state index >= 15 is 0 Å². The molecular weight excluding hydrogens is 284 g/mol. The first kappa shape index (κ1) is 16.2. The molecule has 0 aliphatic carbocycles. The quantitative estimate of drug-likeness (QED) is 0.815. The van der Waals surface area contributed by atoms with Crippen LogP contribution < -0.4 is 10.5 Å². The largest absolute Gasteiger partial charge is 0.492 e. The zero-order valence-electron chi connectivity index (χ0n) is 12.7. The number of thiocarbonyl (C=S) groups is 1. The van der Waals surface area contributed by atoms with E-state index < -0.39 is 0 Å². The van der Waals surface area contributed by atoms with E-state index in [1.54, 1.807) is 7.11 Å². The van der Waals surface area contributed by atoms with Gasteiger partial charge in [0.15, 0.2) is 0 Å². The molecule has 116 valence electrons. The molecule has 2 N–H and O–H groups in total. The summed E-state index contributed by atoms with van der Waals surface area (Å²) in [6.07, 6.45) is 1.52. The third kappa shape index (κ3) is 4.66. The Morgan fingerprint density at radius 1 is 1.38 bits per heavy atom. The molecular formula is C16H24N2O2S. The Labute approximate surface area is 132 Å². The maximum atomic E-state index is 5.77. The summed E-state index contributed by atoms with van der Waals surface area (Å²) in [5, 5.41) is 0. The smallest absolute Gasteiger partial charge is 0.119 e. The minimum absolute atomic E-state index is 0.337. The van der Waals surface area contributed by atoms with Crippen molar-refractivity contribution in [3.8, 4) is 5.75 Å². The molecule has 2 atom stereocenters. The fourth-order valence-electron chi connectivity index (χ4n) is 2.62. The second-order valence-electron chi connectivity index (χ2n) is 5.58. The van der Waals surface area contributed by atoms with Gasteiger partial charge in [0.1, 0.15) is 17.3 Å². The standard InChI is InChI=1S/C16H24N2O2S/c1-12-7-8-18(11-15(12)19-2)9-10-20-14-5-3-13(4-6-14)16(17)21/h3-6,12,15H,7-11H2,1-2H3,(H2,17,21). The van der Waals surface area contributed by atoms with Gasteiger partial charge in [-0.3, -0.25) is 4.90 Å². The third-order valence-electron chi connectivity index (χ3n) is 4.09. The number of rotatable bonds is 6. The number of hydrogen-bond donors (Lipinski definition) is 1. The predicted octanol–water partition coefficient (Wildman–Crippen LogP) is 2.06. The topological polar surface area (TPSA) is 47.7 Å². The van der Waals surface area contributed by atoms with E-state index in [2.05, 4.69) is 11.8 Å². The molecule has 0 radical (unpaired) electrons. The number of methoxy groups -OCH3 is 1. The Bertz CT molecular complexity index is 464. The molecule has 21 heavy (non-hydrogen) atoms. The van der Waals surface area contributed by atoms with Crippen LogP contribution in [0.1, 0.15) is 18.9 Å². The molecule has 0 amide bonds. The molecule has 1 heterocycles. The van der Waals surface area contributed by atoms with Crippen molar-refractivity contribution in [1.29, 1.82) is 0 Å². The molecule has 2 rings (SSSR count). The van der Waals surface area contributed by atoms with Crippen molar-refractivity contribution in [3.63, 3.8) is 0 Å². The van der Waals surface area contributed by atoms with Gasteiger partial charge in [-0.1, -0.05) is 19.1 Å². The Balaban J connectivity index is 1.75. The van der Waals surface area contributed by atoms with E-state index in [9.17, 15) is 0 Å². The molecule has 0 aromatic heterocycles. The first-order valence-electron chi connectivity index (χ1n) is 7.38. The lowest BCUT2D eigenvalue weighted by Crippen LogP contribution is -2.45. The van der Waals surface area contributed by atoms with Crippen molar-refractivity contribution in [2.75, 3.05) is 33.4 Å². The van der Waals surface area contributed by atoms with Crippen LogP contribution in [0.3, 0.4) is 0 Å². The molecule has 4 nitrogen and oxygen atoms in total. The van der Waals surface area contributed by atoms with Gasteiger partial charge in [-0.05, 0) is 43.1 Å². The summed E-state index contributed by atoms with van der Waals surface area (Å²) in [6.45, 7) is 5.96. The van der Waals surface area contributed by atoms with E-state index in [0.717, 1.165) is 30.9 Å². The van der Waals surface area contributed by atoms with Crippen molar-refractivity contribution in [1.82, 2.24) is 4.90 Å². The van der Waals surface area contributed by atoms with Gasteiger partial charge < -0.3 is 15.2 Å². The van der Waals surface area contributed by atoms with Gasteiger partial charge >= 0.3 is 0 Å². The van der Waals surface area contributed by atoms with Crippen molar-refractivity contribution < 1.29 is 9.47 Å². The normalized spacial score (nSPS) is 23.0. The Hall–Kier alpha value is -1.17. The molecule has 2 unspecified atom stereocenters. The van der Waals surface area contributed by atoms with Crippen LogP contribution in [0.5, 0.6) is 5.75 Å². The van der Waals surface area contributed by atoms with Gasteiger partial charge in [0, 0.05) is 25.8 Å². The van der Waals surface area contributed by atoms with E-state index in [-0.39, 0.29) is 0 Å². The van der Waals surface area contributed by atoms with Crippen LogP contribution in [-0.2, 0) is 4.74 Å². The van der Waals surface area contributed by atoms with Crippen molar-refractivity contribution in [2.24, 2.45) is 11.7 Å². The summed E-state index contributed by atoms with van der Waals surface area (Å²) in [4.78, 5) is 2.81. The summed E-state index contributed by atoms with van der Waals surface area (Å²) in [7, 11) is 1.80. The summed E-state index contributed by atoms with van der Waals surface area (Å²) in [6, 6.07) is 7.60. The highest BCUT2D eigenvalue weighted by Gasteiger charge is 2.25. The van der Waals surface area contributed by atoms with Crippen LogP contribution in [0.25, 0.3) is 0 Å². The molecule has 0 saturated carbocycles. The van der Waals surface area contributed by atoms with Crippen LogP contribution in [-0.4, -0.2) is 49.3 Å². The van der Waals surface area contributed by atoms with Crippen molar-refractivity contribution in [3.05, 3.63) is 29.8 Å². The Morgan fingerprint density at radius 3 is 2.71 bits per heavy atom. The van der Waals surface area contributed by atoms with Crippen molar-refractivity contribution >= 4 is 17.2 Å². The second-order valence-corrected chi connectivity index (χ2v) is 6.02. The average molecular weight is 308 g/mol. The second kappa shape index (κ2) is 7.73. The summed E-state index contributed by atoms with van der Waals surface area (Å²) in [5.74, 6) is 1.49. The molecule has 1 saturated heterocycles. The van der Waals surface area contributed by atoms with Gasteiger partial charge in [0.05, 0.1) is 6.10 Å². The molecule has 1 aliphatic heterocycles. The third-order valence-corrected chi connectivity index (χ3v) is 4.33. The minimum atomic E-state index is 0.337. The van der Waals surface area contributed by atoms with Crippen LogP contribution in [0, 0.1) is 5.92 Å². The molecule has 1 aromatic carbocycles. The fourth-order valence-corrected chi connectivity index (χ4v) is 2.75. The fraction of sp³-hybridized carbons (Fsp3) is 0.562. The number of hydrogen-bond acceptors (Lipinski definition) is 4. The minimum Gasteiger partial charge on any atom is -0.492 e. The lowest BCUT2D eigenvalue weighted by molar-refractivity contribution is -0.00788. The maximum Gasteiger partial charge on any atom is 0.119 e. The van der Waals surface area contributed by atoms with Crippen LogP contribution >= 0.6 is 12.2 Å². The predicted molar refractivity (Wildman–Crippen MR) is 88.8 cm³/mol. The van der Waals surface area contributed by atoms with Crippen LogP contribution in [0.2, 0.25) is 0 Å². The zero-order valence-corrected chi connectivity index (χ0v) is 13.6. The lowest BCUT2D eigenvalue weighted by Gasteiger charge is -2.36. The van der Waals surface area contributed by atoms with E-state index in [4.69, 9.17) is 27.4 Å². The first-order chi connectivity index (χ1) is 10.1. The van der Waals surface area contributed by atoms with Gasteiger partial charge in [0.25, 0.3) is 0 Å². The molecule has 1 aromatic rings. The van der Waals surface area contributed by atoms with E-state index in [0.29, 0.717) is 23.6 Å². The van der Waals surface area contributed by atoms with Gasteiger partial charge in [-0.25, -0.2) is 0 Å². The molecule has 1 fully saturated rings. The lowest BCUT2D eigenvalue weighted by atomic mass is 9.96. The summed E-state index contributed by atoms with van der Waals surface area (Å²) in [5.41, 5.74) is 6.44. The molecule has 0 spiro atoms. The van der Waals surface area contributed by atoms with Crippen LogP contribution in [0.4, 0.5) is 0 Å². The number of ether oxygens (including phenoxy) is 2. The molecule has 0 bridgehead atoms. The summed E-state index contributed by atoms with van der Waals surface area (Å²) < 4.78 is 11.3. The zero-order chi connectivity index (χ0) is 15.2. The number of nitrogens with zero attached hydrogens (tertiary/aromatic N) is 1. The van der Waals surface area contributed by atoms with E-state index in [1.807, 2.05) is 24.3 Å². The highest BCUT2D eigenvalue weighted by Crippen LogP contribution is 2.19. The number of piperidine rings is 1. The maximum absolute atomic E-state index is 5.77. The highest BCUT2D eigenvalue weighted by atomic mass is 32.1. The van der Waals surface area contributed by atoms with Gasteiger partial charge in [0.2, 0.25) is 0 Å². The average Bonchev–Trinajstić information content (AvgIpc) is 2.49. The SMILES string of the molecule is COC1CN(CCOc2ccc(C(N)=S)cc2)CCC1C.